The van der Waals surface area contributed by atoms with Crippen molar-refractivity contribution >= 4 is 23.0 Å². The molecule has 2 aliphatic rings. The van der Waals surface area contributed by atoms with E-state index in [4.69, 9.17) is 0 Å². The van der Waals surface area contributed by atoms with Gasteiger partial charge in [-0.1, -0.05) is 13.0 Å². The number of nitrogens with one attached hydrogen (secondary N) is 1. The molecule has 0 saturated heterocycles. The minimum atomic E-state index is -3.67. The molecule has 6 nitrogen and oxygen atoms in total. The zero-order valence-corrected chi connectivity index (χ0v) is 19.1. The van der Waals surface area contributed by atoms with Gasteiger partial charge in [-0.05, 0) is 74.8 Å². The quantitative estimate of drug-likeness (QED) is 0.431. The van der Waals surface area contributed by atoms with Gasteiger partial charge in [0.2, 0.25) is 0 Å². The molecule has 1 fully saturated rings. The second kappa shape index (κ2) is 9.08. The van der Waals surface area contributed by atoms with E-state index in [9.17, 15) is 18.7 Å². The van der Waals surface area contributed by atoms with E-state index in [-0.39, 0.29) is 29.9 Å². The highest BCUT2D eigenvalue weighted by Gasteiger charge is 2.43. The van der Waals surface area contributed by atoms with Gasteiger partial charge >= 0.3 is 12.3 Å². The number of rotatable bonds is 10. The number of aliphatic carboxylic acids is 1. The van der Waals surface area contributed by atoms with Crippen LogP contribution in [0.4, 0.5) is 25.8 Å². The molecule has 2 N–H and O–H groups in total. The fourth-order valence-electron chi connectivity index (χ4n) is 4.22. The fraction of sp³-hybridized carbons (Fsp3) is 0.480. The molecule has 1 aliphatic carbocycles. The molecular weight excluding hydrogens is 430 g/mol. The van der Waals surface area contributed by atoms with Crippen LogP contribution in [0.2, 0.25) is 0 Å². The summed E-state index contributed by atoms with van der Waals surface area (Å²) in [5.74, 6) is -0.329. The lowest BCUT2D eigenvalue weighted by Crippen LogP contribution is -2.33. The van der Waals surface area contributed by atoms with E-state index in [2.05, 4.69) is 33.5 Å². The van der Waals surface area contributed by atoms with Gasteiger partial charge in [-0.2, -0.15) is 0 Å². The minimum absolute atomic E-state index is 0.00966. The Bertz CT molecular complexity index is 1020. The Morgan fingerprint density at radius 1 is 1.18 bits per heavy atom. The number of fused-ring (bicyclic) bond motifs is 1. The van der Waals surface area contributed by atoms with Gasteiger partial charge in [0.25, 0.3) is 0 Å². The SMILES string of the molecule is CCC(CC(=O)O)c1ccc(N(CC2CC2)C(C)C)c(Nc2ccc3c(c2)OC(F)(F)O3)c1. The van der Waals surface area contributed by atoms with Crippen LogP contribution in [0.1, 0.15) is 57.9 Å². The Balaban J connectivity index is 1.69. The predicted octanol–water partition coefficient (Wildman–Crippen LogP) is 6.34. The summed E-state index contributed by atoms with van der Waals surface area (Å²) in [4.78, 5) is 13.7. The van der Waals surface area contributed by atoms with Crippen molar-refractivity contribution in [3.63, 3.8) is 0 Å². The fourth-order valence-corrected chi connectivity index (χ4v) is 4.22. The summed E-state index contributed by atoms with van der Waals surface area (Å²) in [6.45, 7) is 7.19. The van der Waals surface area contributed by atoms with Crippen molar-refractivity contribution < 1.29 is 28.2 Å². The van der Waals surface area contributed by atoms with Crippen LogP contribution in [-0.2, 0) is 4.79 Å². The first-order chi connectivity index (χ1) is 15.6. The predicted molar refractivity (Wildman–Crippen MR) is 123 cm³/mol. The average molecular weight is 461 g/mol. The standard InChI is InChI=1S/C25H30F2N2O4/c1-4-17(12-24(30)31)18-7-9-21(29(15(2)3)14-16-5-6-16)20(11-18)28-19-8-10-22-23(13-19)33-25(26,27)32-22/h7-11,13,15-17,28H,4-6,12,14H2,1-3H3,(H,30,31). The van der Waals surface area contributed by atoms with Crippen LogP contribution in [0.3, 0.4) is 0 Å². The molecule has 0 bridgehead atoms. The van der Waals surface area contributed by atoms with Crippen LogP contribution in [-0.4, -0.2) is 30.0 Å². The zero-order chi connectivity index (χ0) is 23.8. The van der Waals surface area contributed by atoms with E-state index >= 15 is 0 Å². The van der Waals surface area contributed by atoms with E-state index in [1.807, 2.05) is 25.1 Å². The number of carboxylic acids is 1. The summed E-state index contributed by atoms with van der Waals surface area (Å²) in [6, 6.07) is 10.9. The van der Waals surface area contributed by atoms with Crippen LogP contribution in [0.5, 0.6) is 11.5 Å². The van der Waals surface area contributed by atoms with Gasteiger partial charge in [-0.15, -0.1) is 8.78 Å². The summed E-state index contributed by atoms with van der Waals surface area (Å²) in [7, 11) is 0. The number of hydrogen-bond acceptors (Lipinski definition) is 5. The van der Waals surface area contributed by atoms with Gasteiger partial charge in [0.15, 0.2) is 11.5 Å². The molecule has 1 saturated carbocycles. The van der Waals surface area contributed by atoms with E-state index < -0.39 is 12.3 Å². The van der Waals surface area contributed by atoms with Gasteiger partial charge < -0.3 is 24.8 Å². The van der Waals surface area contributed by atoms with Crippen LogP contribution < -0.4 is 19.7 Å². The highest BCUT2D eigenvalue weighted by molar-refractivity contribution is 5.78. The van der Waals surface area contributed by atoms with Crippen LogP contribution in [0, 0.1) is 5.92 Å². The largest absolute Gasteiger partial charge is 0.586 e. The third-order valence-electron chi connectivity index (χ3n) is 6.17. The lowest BCUT2D eigenvalue weighted by atomic mass is 9.92. The molecule has 0 amide bonds. The molecule has 1 unspecified atom stereocenters. The summed E-state index contributed by atoms with van der Waals surface area (Å²) in [5.41, 5.74) is 3.30. The smallest absolute Gasteiger partial charge is 0.481 e. The molecule has 2 aromatic rings. The van der Waals surface area contributed by atoms with E-state index in [0.717, 1.165) is 23.5 Å². The Morgan fingerprint density at radius 3 is 2.55 bits per heavy atom. The molecular formula is C25H30F2N2O4. The molecule has 0 aromatic heterocycles. The van der Waals surface area contributed by atoms with E-state index in [0.29, 0.717) is 18.0 Å². The normalized spacial score (nSPS) is 17.2. The number of halogens is 2. The number of ether oxygens (including phenoxy) is 2. The van der Waals surface area contributed by atoms with Gasteiger partial charge in [0.05, 0.1) is 17.8 Å². The summed E-state index contributed by atoms with van der Waals surface area (Å²) >= 11 is 0. The van der Waals surface area contributed by atoms with Crippen molar-refractivity contribution in [2.45, 2.75) is 64.7 Å². The second-order valence-electron chi connectivity index (χ2n) is 9.12. The van der Waals surface area contributed by atoms with Crippen molar-refractivity contribution in [1.82, 2.24) is 0 Å². The van der Waals surface area contributed by atoms with Crippen molar-refractivity contribution in [3.05, 3.63) is 42.0 Å². The molecule has 1 atom stereocenters. The molecule has 2 aromatic carbocycles. The number of carboxylic acid groups (broad SMARTS) is 1. The zero-order valence-electron chi connectivity index (χ0n) is 19.1. The highest BCUT2D eigenvalue weighted by atomic mass is 19.3. The average Bonchev–Trinajstić information content (AvgIpc) is 3.50. The molecule has 1 heterocycles. The van der Waals surface area contributed by atoms with Crippen LogP contribution >= 0.6 is 0 Å². The maximum Gasteiger partial charge on any atom is 0.586 e. The van der Waals surface area contributed by atoms with E-state index in [1.54, 1.807) is 6.07 Å². The van der Waals surface area contributed by atoms with Gasteiger partial charge in [0, 0.05) is 24.3 Å². The first-order valence-electron chi connectivity index (χ1n) is 11.4. The molecule has 8 heteroatoms. The van der Waals surface area contributed by atoms with Gasteiger partial charge in [-0.25, -0.2) is 0 Å². The lowest BCUT2D eigenvalue weighted by Gasteiger charge is -2.32. The van der Waals surface area contributed by atoms with Gasteiger partial charge in [0.1, 0.15) is 0 Å². The number of carbonyl (C=O) groups is 1. The van der Waals surface area contributed by atoms with Crippen LogP contribution in [0.15, 0.2) is 36.4 Å². The van der Waals surface area contributed by atoms with Gasteiger partial charge in [-0.3, -0.25) is 4.79 Å². The summed E-state index contributed by atoms with van der Waals surface area (Å²) in [5, 5.41) is 12.7. The monoisotopic (exact) mass is 460 g/mol. The maximum atomic E-state index is 13.4. The third-order valence-corrected chi connectivity index (χ3v) is 6.17. The Labute approximate surface area is 192 Å². The maximum absolute atomic E-state index is 13.4. The summed E-state index contributed by atoms with van der Waals surface area (Å²) < 4.78 is 36.0. The molecule has 0 spiro atoms. The topological polar surface area (TPSA) is 71.0 Å². The number of alkyl halides is 2. The number of benzene rings is 2. The Hall–Kier alpha value is -3.03. The van der Waals surface area contributed by atoms with Crippen molar-refractivity contribution in [2.24, 2.45) is 5.92 Å². The third kappa shape index (κ3) is 5.49. The highest BCUT2D eigenvalue weighted by Crippen LogP contribution is 2.44. The Morgan fingerprint density at radius 2 is 1.91 bits per heavy atom. The van der Waals surface area contributed by atoms with Crippen molar-refractivity contribution in [2.75, 3.05) is 16.8 Å². The first-order valence-corrected chi connectivity index (χ1v) is 11.4. The van der Waals surface area contributed by atoms with Crippen LogP contribution in [0.25, 0.3) is 0 Å². The number of nitrogens with zero attached hydrogens (tertiary/aromatic N) is 1. The molecule has 1 aliphatic heterocycles. The lowest BCUT2D eigenvalue weighted by molar-refractivity contribution is -0.286. The molecule has 178 valence electrons. The molecule has 0 radical (unpaired) electrons. The number of hydrogen-bond donors (Lipinski definition) is 2. The second-order valence-corrected chi connectivity index (χ2v) is 9.12. The summed E-state index contributed by atoms with van der Waals surface area (Å²) in [6.07, 6.45) is -0.492. The number of anilines is 3. The molecule has 4 rings (SSSR count). The van der Waals surface area contributed by atoms with Crippen molar-refractivity contribution in [3.8, 4) is 11.5 Å². The van der Waals surface area contributed by atoms with E-state index in [1.165, 1.54) is 25.0 Å². The van der Waals surface area contributed by atoms with Crippen molar-refractivity contribution in [1.29, 1.82) is 0 Å². The Kier molecular flexibility index (Phi) is 6.36. The first kappa shape index (κ1) is 23.1. The minimum Gasteiger partial charge on any atom is -0.481 e. The molecule has 33 heavy (non-hydrogen) atoms.